The zero-order chi connectivity index (χ0) is 16.7. The first-order valence-corrected chi connectivity index (χ1v) is 8.50. The van der Waals surface area contributed by atoms with Crippen LogP contribution in [0.3, 0.4) is 0 Å². The Balaban J connectivity index is 1.57. The standard InChI is InChI=1S/C17H13ClN2O3S/c1-20(8-15-19-12-4-2-3-5-14(12)24-15)17(21)10-6-11(18)16-13(7-10)22-9-23-16/h2-7H,8-9H2,1H3. The third-order valence-electron chi connectivity index (χ3n) is 3.73. The molecule has 2 heterocycles. The summed E-state index contributed by atoms with van der Waals surface area (Å²) in [5, 5.41) is 1.26. The van der Waals surface area contributed by atoms with E-state index in [-0.39, 0.29) is 12.7 Å². The highest BCUT2D eigenvalue weighted by molar-refractivity contribution is 7.18. The predicted octanol–water partition coefficient (Wildman–Crippen LogP) is 3.95. The summed E-state index contributed by atoms with van der Waals surface area (Å²) in [6.45, 7) is 0.554. The molecule has 0 bridgehead atoms. The molecule has 0 fully saturated rings. The van der Waals surface area contributed by atoms with Crippen molar-refractivity contribution < 1.29 is 14.3 Å². The third kappa shape index (κ3) is 2.68. The second-order valence-corrected chi connectivity index (χ2v) is 6.95. The van der Waals surface area contributed by atoms with E-state index in [0.29, 0.717) is 28.6 Å². The van der Waals surface area contributed by atoms with E-state index in [1.807, 2.05) is 24.3 Å². The number of para-hydroxylation sites is 1. The van der Waals surface area contributed by atoms with Crippen molar-refractivity contribution in [1.29, 1.82) is 0 Å². The second kappa shape index (κ2) is 5.96. The lowest BCUT2D eigenvalue weighted by Gasteiger charge is -2.16. The Labute approximate surface area is 147 Å². The van der Waals surface area contributed by atoms with Crippen molar-refractivity contribution in [2.75, 3.05) is 13.8 Å². The summed E-state index contributed by atoms with van der Waals surface area (Å²) in [6, 6.07) is 11.2. The van der Waals surface area contributed by atoms with Crippen molar-refractivity contribution in [3.63, 3.8) is 0 Å². The van der Waals surface area contributed by atoms with E-state index in [4.69, 9.17) is 21.1 Å². The zero-order valence-corrected chi connectivity index (χ0v) is 14.4. The van der Waals surface area contributed by atoms with Crippen LogP contribution in [0.1, 0.15) is 15.4 Å². The summed E-state index contributed by atoms with van der Waals surface area (Å²) in [5.41, 5.74) is 1.41. The van der Waals surface area contributed by atoms with Crippen LogP contribution in [0.4, 0.5) is 0 Å². The van der Waals surface area contributed by atoms with Gasteiger partial charge in [0.15, 0.2) is 11.5 Å². The summed E-state index contributed by atoms with van der Waals surface area (Å²) in [5.74, 6) is 0.843. The molecule has 0 unspecified atom stereocenters. The fraction of sp³-hybridized carbons (Fsp3) is 0.176. The SMILES string of the molecule is CN(Cc1nc2ccccc2s1)C(=O)c1cc(Cl)c2c(c1)OCO2. The third-order valence-corrected chi connectivity index (χ3v) is 5.03. The Bertz CT molecular complexity index is 908. The van der Waals surface area contributed by atoms with Gasteiger partial charge in [-0.1, -0.05) is 23.7 Å². The minimum absolute atomic E-state index is 0.119. The molecule has 1 aromatic heterocycles. The van der Waals surface area contributed by atoms with E-state index in [9.17, 15) is 4.79 Å². The summed E-state index contributed by atoms with van der Waals surface area (Å²) in [6.07, 6.45) is 0. The molecule has 0 aliphatic carbocycles. The van der Waals surface area contributed by atoms with Crippen molar-refractivity contribution in [1.82, 2.24) is 9.88 Å². The maximum Gasteiger partial charge on any atom is 0.254 e. The van der Waals surface area contributed by atoms with Gasteiger partial charge in [-0.25, -0.2) is 4.98 Å². The Morgan fingerprint density at radius 2 is 2.17 bits per heavy atom. The van der Waals surface area contributed by atoms with Crippen LogP contribution < -0.4 is 9.47 Å². The van der Waals surface area contributed by atoms with Gasteiger partial charge in [0.2, 0.25) is 6.79 Å². The van der Waals surface area contributed by atoms with Gasteiger partial charge in [-0.2, -0.15) is 0 Å². The minimum Gasteiger partial charge on any atom is -0.454 e. The van der Waals surface area contributed by atoms with Gasteiger partial charge in [0, 0.05) is 12.6 Å². The quantitative estimate of drug-likeness (QED) is 0.709. The molecular weight excluding hydrogens is 348 g/mol. The smallest absolute Gasteiger partial charge is 0.254 e. The minimum atomic E-state index is -0.144. The fourth-order valence-corrected chi connectivity index (χ4v) is 3.86. The predicted molar refractivity (Wildman–Crippen MR) is 93.0 cm³/mol. The summed E-state index contributed by atoms with van der Waals surface area (Å²) in [4.78, 5) is 18.8. The molecule has 1 amide bonds. The maximum atomic E-state index is 12.7. The molecule has 0 saturated heterocycles. The molecule has 2 aromatic carbocycles. The largest absolute Gasteiger partial charge is 0.454 e. The van der Waals surface area contributed by atoms with Crippen molar-refractivity contribution in [2.45, 2.75) is 6.54 Å². The zero-order valence-electron chi connectivity index (χ0n) is 12.8. The van der Waals surface area contributed by atoms with Crippen molar-refractivity contribution in [3.05, 3.63) is 52.0 Å². The van der Waals surface area contributed by atoms with E-state index in [1.165, 1.54) is 0 Å². The van der Waals surface area contributed by atoms with Crippen LogP contribution in [-0.4, -0.2) is 29.6 Å². The van der Waals surface area contributed by atoms with E-state index in [2.05, 4.69) is 4.98 Å². The Kier molecular flexibility index (Phi) is 3.78. The van der Waals surface area contributed by atoms with Gasteiger partial charge < -0.3 is 14.4 Å². The molecule has 7 heteroatoms. The fourth-order valence-electron chi connectivity index (χ4n) is 2.57. The summed E-state index contributed by atoms with van der Waals surface area (Å²) >= 11 is 7.74. The number of hydrogen-bond acceptors (Lipinski definition) is 5. The van der Waals surface area contributed by atoms with Gasteiger partial charge in [0.05, 0.1) is 21.8 Å². The van der Waals surface area contributed by atoms with Gasteiger partial charge in [-0.3, -0.25) is 4.79 Å². The Morgan fingerprint density at radius 1 is 1.33 bits per heavy atom. The highest BCUT2D eigenvalue weighted by Gasteiger charge is 2.22. The second-order valence-electron chi connectivity index (χ2n) is 5.43. The van der Waals surface area contributed by atoms with Gasteiger partial charge >= 0.3 is 0 Å². The molecule has 1 aliphatic heterocycles. The van der Waals surface area contributed by atoms with Crippen LogP contribution in [0, 0.1) is 0 Å². The van der Waals surface area contributed by atoms with Crippen molar-refractivity contribution >= 4 is 39.1 Å². The van der Waals surface area contributed by atoms with Crippen LogP contribution in [0.5, 0.6) is 11.5 Å². The number of amides is 1. The summed E-state index contributed by atoms with van der Waals surface area (Å²) in [7, 11) is 1.74. The molecule has 24 heavy (non-hydrogen) atoms. The highest BCUT2D eigenvalue weighted by atomic mass is 35.5. The van der Waals surface area contributed by atoms with Crippen LogP contribution in [0.15, 0.2) is 36.4 Å². The molecule has 0 saturated carbocycles. The van der Waals surface area contributed by atoms with E-state index < -0.39 is 0 Å². The normalized spacial score (nSPS) is 12.6. The molecule has 122 valence electrons. The van der Waals surface area contributed by atoms with E-state index in [1.54, 1.807) is 35.4 Å². The number of hydrogen-bond donors (Lipinski definition) is 0. The average molecular weight is 361 g/mol. The van der Waals surface area contributed by atoms with Crippen LogP contribution >= 0.6 is 22.9 Å². The first-order valence-electron chi connectivity index (χ1n) is 7.31. The molecule has 4 rings (SSSR count). The van der Waals surface area contributed by atoms with Gasteiger partial charge in [0.25, 0.3) is 5.91 Å². The van der Waals surface area contributed by atoms with Gasteiger partial charge in [0.1, 0.15) is 5.01 Å². The molecular formula is C17H13ClN2O3S. The molecule has 1 aliphatic rings. The highest BCUT2D eigenvalue weighted by Crippen LogP contribution is 2.40. The Morgan fingerprint density at radius 3 is 3.00 bits per heavy atom. The first-order chi connectivity index (χ1) is 11.6. The number of halogens is 1. The number of thiazole rings is 1. The average Bonchev–Trinajstić information content (AvgIpc) is 3.19. The van der Waals surface area contributed by atoms with E-state index in [0.717, 1.165) is 15.2 Å². The molecule has 5 nitrogen and oxygen atoms in total. The summed E-state index contributed by atoms with van der Waals surface area (Å²) < 4.78 is 11.7. The van der Waals surface area contributed by atoms with Crippen molar-refractivity contribution in [3.8, 4) is 11.5 Å². The lowest BCUT2D eigenvalue weighted by atomic mass is 10.1. The molecule has 0 N–H and O–H groups in total. The van der Waals surface area contributed by atoms with Crippen LogP contribution in [0.25, 0.3) is 10.2 Å². The number of aromatic nitrogens is 1. The molecule has 0 radical (unpaired) electrons. The topological polar surface area (TPSA) is 51.7 Å². The number of benzene rings is 2. The lowest BCUT2D eigenvalue weighted by molar-refractivity contribution is 0.0784. The monoisotopic (exact) mass is 360 g/mol. The van der Waals surface area contributed by atoms with Crippen LogP contribution in [0.2, 0.25) is 5.02 Å². The maximum absolute atomic E-state index is 12.7. The number of fused-ring (bicyclic) bond motifs is 2. The number of rotatable bonds is 3. The van der Waals surface area contributed by atoms with Gasteiger partial charge in [-0.05, 0) is 24.3 Å². The first kappa shape index (κ1) is 15.2. The number of carbonyl (C=O) groups excluding carboxylic acids is 1. The van der Waals surface area contributed by atoms with Gasteiger partial charge in [-0.15, -0.1) is 11.3 Å². The van der Waals surface area contributed by atoms with Crippen molar-refractivity contribution in [2.24, 2.45) is 0 Å². The number of carbonyl (C=O) groups is 1. The lowest BCUT2D eigenvalue weighted by Crippen LogP contribution is -2.26. The molecule has 3 aromatic rings. The molecule has 0 spiro atoms. The Hall–Kier alpha value is -2.31. The van der Waals surface area contributed by atoms with E-state index >= 15 is 0 Å². The molecule has 0 atom stereocenters. The van der Waals surface area contributed by atoms with Crippen LogP contribution in [-0.2, 0) is 6.54 Å². The number of nitrogens with zero attached hydrogens (tertiary/aromatic N) is 2. The number of ether oxygens (including phenoxy) is 2.